The molecule has 0 bridgehead atoms. The Morgan fingerprint density at radius 1 is 1.14 bits per heavy atom. The van der Waals surface area contributed by atoms with Crippen molar-refractivity contribution in [2.75, 3.05) is 0 Å². The molecule has 0 amide bonds. The lowest BCUT2D eigenvalue weighted by Crippen LogP contribution is -2.36. The molecule has 0 saturated heterocycles. The van der Waals surface area contributed by atoms with Gasteiger partial charge in [-0.3, -0.25) is 4.90 Å². The van der Waals surface area contributed by atoms with Crippen LogP contribution in [0, 0.1) is 0 Å². The molecule has 0 aromatic heterocycles. The van der Waals surface area contributed by atoms with Crippen LogP contribution in [0.4, 0.5) is 0 Å². The SMILES string of the molecule is Brc1ccc2c(c1)CN(C1CCC1)C2. The average Bonchev–Trinajstić information content (AvgIpc) is 2.43. The maximum absolute atomic E-state index is 3.53. The molecule has 1 saturated carbocycles. The van der Waals surface area contributed by atoms with Crippen LogP contribution in [-0.2, 0) is 13.1 Å². The Kier molecular flexibility index (Phi) is 2.14. The maximum Gasteiger partial charge on any atom is 0.0243 e. The minimum atomic E-state index is 0.876. The predicted octanol–water partition coefficient (Wildman–Crippen LogP) is 3.32. The van der Waals surface area contributed by atoms with Gasteiger partial charge in [0.15, 0.2) is 0 Å². The van der Waals surface area contributed by atoms with E-state index in [1.165, 1.54) is 48.0 Å². The van der Waals surface area contributed by atoms with Crippen LogP contribution in [0.2, 0.25) is 0 Å². The molecular formula is C12H14BrN. The molecule has 0 spiro atoms. The monoisotopic (exact) mass is 251 g/mol. The first-order valence-electron chi connectivity index (χ1n) is 5.34. The second-order valence-corrected chi connectivity index (χ2v) is 5.32. The molecule has 1 fully saturated rings. The van der Waals surface area contributed by atoms with Crippen LogP contribution in [0.25, 0.3) is 0 Å². The highest BCUT2D eigenvalue weighted by Crippen LogP contribution is 2.33. The smallest absolute Gasteiger partial charge is 0.0243 e. The van der Waals surface area contributed by atoms with E-state index in [-0.39, 0.29) is 0 Å². The number of halogens is 1. The van der Waals surface area contributed by atoms with Gasteiger partial charge in [0.05, 0.1) is 0 Å². The van der Waals surface area contributed by atoms with Crippen molar-refractivity contribution in [1.82, 2.24) is 4.90 Å². The van der Waals surface area contributed by atoms with Crippen LogP contribution < -0.4 is 0 Å². The molecule has 74 valence electrons. The van der Waals surface area contributed by atoms with Crippen LogP contribution in [0.1, 0.15) is 30.4 Å². The van der Waals surface area contributed by atoms with E-state index >= 15 is 0 Å². The van der Waals surface area contributed by atoms with Gasteiger partial charge in [-0.2, -0.15) is 0 Å². The lowest BCUT2D eigenvalue weighted by Gasteiger charge is -2.34. The van der Waals surface area contributed by atoms with Crippen molar-refractivity contribution < 1.29 is 0 Å². The molecule has 2 aliphatic rings. The first-order chi connectivity index (χ1) is 6.83. The molecule has 3 rings (SSSR count). The highest BCUT2D eigenvalue weighted by Gasteiger charge is 2.29. The summed E-state index contributed by atoms with van der Waals surface area (Å²) in [5.41, 5.74) is 3.05. The Labute approximate surface area is 93.2 Å². The van der Waals surface area contributed by atoms with Gasteiger partial charge in [-0.15, -0.1) is 0 Å². The van der Waals surface area contributed by atoms with E-state index in [1.54, 1.807) is 0 Å². The first-order valence-corrected chi connectivity index (χ1v) is 6.13. The number of benzene rings is 1. The van der Waals surface area contributed by atoms with Gasteiger partial charge in [0, 0.05) is 23.6 Å². The number of hydrogen-bond donors (Lipinski definition) is 0. The summed E-state index contributed by atoms with van der Waals surface area (Å²) >= 11 is 3.53. The van der Waals surface area contributed by atoms with E-state index in [0.717, 1.165) is 6.04 Å². The van der Waals surface area contributed by atoms with E-state index in [1.807, 2.05) is 0 Å². The van der Waals surface area contributed by atoms with E-state index in [9.17, 15) is 0 Å². The Balaban J connectivity index is 1.82. The summed E-state index contributed by atoms with van der Waals surface area (Å²) in [5, 5.41) is 0. The second kappa shape index (κ2) is 3.35. The van der Waals surface area contributed by atoms with Crippen LogP contribution in [0.5, 0.6) is 0 Å². The Morgan fingerprint density at radius 2 is 1.93 bits per heavy atom. The Hall–Kier alpha value is -0.340. The van der Waals surface area contributed by atoms with E-state index in [4.69, 9.17) is 0 Å². The van der Waals surface area contributed by atoms with E-state index in [2.05, 4.69) is 39.0 Å². The van der Waals surface area contributed by atoms with Gasteiger partial charge in [-0.1, -0.05) is 28.4 Å². The topological polar surface area (TPSA) is 3.24 Å². The fraction of sp³-hybridized carbons (Fsp3) is 0.500. The third-order valence-corrected chi connectivity index (χ3v) is 4.00. The number of rotatable bonds is 1. The molecule has 0 N–H and O–H groups in total. The van der Waals surface area contributed by atoms with Crippen molar-refractivity contribution >= 4 is 15.9 Å². The summed E-state index contributed by atoms with van der Waals surface area (Å²) in [7, 11) is 0. The van der Waals surface area contributed by atoms with E-state index in [0.29, 0.717) is 0 Å². The third kappa shape index (κ3) is 1.41. The zero-order chi connectivity index (χ0) is 9.54. The average molecular weight is 252 g/mol. The van der Waals surface area contributed by atoms with Crippen LogP contribution in [0.3, 0.4) is 0 Å². The van der Waals surface area contributed by atoms with Gasteiger partial charge in [-0.05, 0) is 36.1 Å². The minimum absolute atomic E-state index is 0.876. The molecule has 1 aromatic rings. The first kappa shape index (κ1) is 8.93. The minimum Gasteiger partial charge on any atom is -0.292 e. The summed E-state index contributed by atoms with van der Waals surface area (Å²) in [6, 6.07) is 7.57. The van der Waals surface area contributed by atoms with E-state index < -0.39 is 0 Å². The molecule has 14 heavy (non-hydrogen) atoms. The zero-order valence-corrected chi connectivity index (χ0v) is 9.76. The number of fused-ring (bicyclic) bond motifs is 1. The summed E-state index contributed by atoms with van der Waals surface area (Å²) in [4.78, 5) is 2.63. The highest BCUT2D eigenvalue weighted by molar-refractivity contribution is 9.10. The molecule has 1 aromatic carbocycles. The number of nitrogens with zero attached hydrogens (tertiary/aromatic N) is 1. The lowest BCUT2D eigenvalue weighted by atomic mass is 9.92. The molecule has 0 radical (unpaired) electrons. The van der Waals surface area contributed by atoms with Crippen LogP contribution in [0.15, 0.2) is 22.7 Å². The Morgan fingerprint density at radius 3 is 2.64 bits per heavy atom. The molecule has 1 nitrogen and oxygen atoms in total. The van der Waals surface area contributed by atoms with Gasteiger partial charge in [0.25, 0.3) is 0 Å². The lowest BCUT2D eigenvalue weighted by molar-refractivity contribution is 0.126. The normalized spacial score (nSPS) is 22.1. The quantitative estimate of drug-likeness (QED) is 0.741. The van der Waals surface area contributed by atoms with Crippen molar-refractivity contribution in [2.24, 2.45) is 0 Å². The molecule has 1 heterocycles. The fourth-order valence-corrected chi connectivity index (χ4v) is 2.81. The molecule has 1 aliphatic carbocycles. The predicted molar refractivity (Wildman–Crippen MR) is 61.0 cm³/mol. The van der Waals surface area contributed by atoms with Gasteiger partial charge >= 0.3 is 0 Å². The third-order valence-electron chi connectivity index (χ3n) is 3.51. The van der Waals surface area contributed by atoms with Gasteiger partial charge in [0.1, 0.15) is 0 Å². The number of hydrogen-bond acceptors (Lipinski definition) is 1. The highest BCUT2D eigenvalue weighted by atomic mass is 79.9. The Bertz CT molecular complexity index is 357. The molecular weight excluding hydrogens is 238 g/mol. The maximum atomic E-state index is 3.53. The van der Waals surface area contributed by atoms with Crippen molar-refractivity contribution in [2.45, 2.75) is 38.4 Å². The summed E-state index contributed by atoms with van der Waals surface area (Å²) in [5.74, 6) is 0. The fourth-order valence-electron chi connectivity index (χ4n) is 2.40. The van der Waals surface area contributed by atoms with Gasteiger partial charge in [-0.25, -0.2) is 0 Å². The largest absolute Gasteiger partial charge is 0.292 e. The van der Waals surface area contributed by atoms with Gasteiger partial charge < -0.3 is 0 Å². The van der Waals surface area contributed by atoms with Crippen molar-refractivity contribution in [3.63, 3.8) is 0 Å². The summed E-state index contributed by atoms with van der Waals surface area (Å²) in [6.45, 7) is 2.34. The summed E-state index contributed by atoms with van der Waals surface area (Å²) in [6.07, 6.45) is 4.26. The van der Waals surface area contributed by atoms with Crippen LogP contribution >= 0.6 is 15.9 Å². The summed E-state index contributed by atoms with van der Waals surface area (Å²) < 4.78 is 1.21. The standard InChI is InChI=1S/C12H14BrN/c13-11-5-4-9-7-14(8-10(9)6-11)12-2-1-3-12/h4-6,12H,1-3,7-8H2. The molecule has 2 heteroatoms. The van der Waals surface area contributed by atoms with Crippen molar-refractivity contribution in [3.8, 4) is 0 Å². The second-order valence-electron chi connectivity index (χ2n) is 4.40. The molecule has 0 unspecified atom stereocenters. The van der Waals surface area contributed by atoms with Crippen LogP contribution in [-0.4, -0.2) is 10.9 Å². The van der Waals surface area contributed by atoms with Crippen molar-refractivity contribution in [3.05, 3.63) is 33.8 Å². The van der Waals surface area contributed by atoms with Crippen molar-refractivity contribution in [1.29, 1.82) is 0 Å². The molecule has 0 atom stereocenters. The molecule has 1 aliphatic heterocycles. The zero-order valence-electron chi connectivity index (χ0n) is 8.17. The van der Waals surface area contributed by atoms with Gasteiger partial charge in [0.2, 0.25) is 0 Å².